The van der Waals surface area contributed by atoms with Gasteiger partial charge in [-0.05, 0) is 60.9 Å². The molecule has 200 valence electrons. The first-order valence-electron chi connectivity index (χ1n) is 10.7. The maximum atomic E-state index is 13.5. The SMILES string of the molecule is Cc1cc(F)ccc1[C@H]1CNCCN1OC(=O)N(C)[C@H](C)c1cc(C(F)(F)F)cc(C(F)(F)F)c1.Cl. The largest absolute Gasteiger partial charge is 0.429 e. The number of carbonyl (C=O) groups excluding carboxylic acids is 1. The van der Waals surface area contributed by atoms with E-state index in [1.165, 1.54) is 31.2 Å². The molecule has 0 bridgehead atoms. The summed E-state index contributed by atoms with van der Waals surface area (Å²) in [7, 11) is 1.22. The number of hydroxylamine groups is 2. The number of alkyl halides is 6. The minimum Gasteiger partial charge on any atom is -0.350 e. The lowest BCUT2D eigenvalue weighted by Gasteiger charge is -2.37. The standard InChI is InChI=1S/C23H24F7N3O2.ClH/c1-13-8-18(24)4-5-19(13)20-12-31-6-7-33(20)35-21(34)32(3)14(2)15-9-16(22(25,26)27)11-17(10-15)23(28,29)30;/h4-5,8-11,14,20,31H,6-7,12H2,1-3H3;1H/t14-,20-;/m1./s1. The average Bonchev–Trinajstić information content (AvgIpc) is 2.77. The lowest BCUT2D eigenvalue weighted by Crippen LogP contribution is -2.48. The normalized spacial score (nSPS) is 17.8. The highest BCUT2D eigenvalue weighted by molar-refractivity contribution is 5.85. The number of hydrogen-bond donors (Lipinski definition) is 1. The third-order valence-corrected chi connectivity index (χ3v) is 5.94. The highest BCUT2D eigenvalue weighted by Gasteiger charge is 2.38. The molecule has 1 heterocycles. The molecule has 2 atom stereocenters. The van der Waals surface area contributed by atoms with E-state index in [1.807, 2.05) is 0 Å². The number of carbonyl (C=O) groups is 1. The number of halogens is 8. The van der Waals surface area contributed by atoms with Crippen LogP contribution in [0, 0.1) is 12.7 Å². The first kappa shape index (κ1) is 29.7. The van der Waals surface area contributed by atoms with E-state index < -0.39 is 47.5 Å². The van der Waals surface area contributed by atoms with Crippen LogP contribution in [0.15, 0.2) is 36.4 Å². The van der Waals surface area contributed by atoms with Gasteiger partial charge in [-0.3, -0.25) is 0 Å². The van der Waals surface area contributed by atoms with Gasteiger partial charge in [-0.25, -0.2) is 9.18 Å². The van der Waals surface area contributed by atoms with Crippen LogP contribution in [-0.4, -0.2) is 42.7 Å². The second kappa shape index (κ2) is 11.2. The fourth-order valence-electron chi connectivity index (χ4n) is 3.84. The van der Waals surface area contributed by atoms with E-state index in [-0.39, 0.29) is 30.6 Å². The molecule has 0 saturated carbocycles. The highest BCUT2D eigenvalue weighted by atomic mass is 35.5. The van der Waals surface area contributed by atoms with Crippen LogP contribution in [0.1, 0.15) is 46.8 Å². The van der Waals surface area contributed by atoms with Crippen molar-refractivity contribution in [1.29, 1.82) is 0 Å². The van der Waals surface area contributed by atoms with Gasteiger partial charge in [0.1, 0.15) is 5.82 Å². The van der Waals surface area contributed by atoms with Crippen LogP contribution in [0.2, 0.25) is 0 Å². The smallest absolute Gasteiger partial charge is 0.350 e. The molecule has 0 aromatic heterocycles. The molecule has 0 unspecified atom stereocenters. The van der Waals surface area contributed by atoms with Gasteiger partial charge in [0.25, 0.3) is 0 Å². The van der Waals surface area contributed by atoms with E-state index in [2.05, 4.69) is 5.32 Å². The van der Waals surface area contributed by atoms with Crippen LogP contribution in [0.25, 0.3) is 0 Å². The van der Waals surface area contributed by atoms with Crippen LogP contribution >= 0.6 is 12.4 Å². The quantitative estimate of drug-likeness (QED) is 0.461. The van der Waals surface area contributed by atoms with Crippen LogP contribution in [0.5, 0.6) is 0 Å². The highest BCUT2D eigenvalue weighted by Crippen LogP contribution is 2.38. The summed E-state index contributed by atoms with van der Waals surface area (Å²) in [4.78, 5) is 19.3. The Hall–Kier alpha value is -2.57. The molecule has 2 aromatic carbocycles. The van der Waals surface area contributed by atoms with Crippen LogP contribution in [0.4, 0.5) is 35.5 Å². The molecular weight excluding hydrogens is 519 g/mol. The van der Waals surface area contributed by atoms with Crippen LogP contribution in [-0.2, 0) is 17.2 Å². The second-order valence-electron chi connectivity index (χ2n) is 8.34. The third-order valence-electron chi connectivity index (χ3n) is 5.94. The van der Waals surface area contributed by atoms with Crippen molar-refractivity contribution >= 4 is 18.5 Å². The van der Waals surface area contributed by atoms with Crippen molar-refractivity contribution in [3.05, 3.63) is 70.0 Å². The Labute approximate surface area is 209 Å². The summed E-state index contributed by atoms with van der Waals surface area (Å²) >= 11 is 0. The Balaban J connectivity index is 0.00000456. The molecule has 36 heavy (non-hydrogen) atoms. The van der Waals surface area contributed by atoms with Crippen molar-refractivity contribution in [1.82, 2.24) is 15.3 Å². The molecule has 2 aromatic rings. The van der Waals surface area contributed by atoms with E-state index in [4.69, 9.17) is 4.84 Å². The van der Waals surface area contributed by atoms with E-state index in [0.29, 0.717) is 36.3 Å². The minimum absolute atomic E-state index is 0. The van der Waals surface area contributed by atoms with Crippen molar-refractivity contribution in [3.63, 3.8) is 0 Å². The molecule has 1 aliphatic heterocycles. The maximum absolute atomic E-state index is 13.5. The number of amides is 1. The van der Waals surface area contributed by atoms with E-state index in [0.717, 1.165) is 4.90 Å². The summed E-state index contributed by atoms with van der Waals surface area (Å²) < 4.78 is 92.8. The number of hydrogen-bond acceptors (Lipinski definition) is 4. The Morgan fingerprint density at radius 3 is 2.19 bits per heavy atom. The zero-order valence-electron chi connectivity index (χ0n) is 19.5. The van der Waals surface area contributed by atoms with E-state index in [9.17, 15) is 35.5 Å². The lowest BCUT2D eigenvalue weighted by molar-refractivity contribution is -0.152. The minimum atomic E-state index is -5.00. The Morgan fingerprint density at radius 2 is 1.67 bits per heavy atom. The third kappa shape index (κ3) is 6.80. The Kier molecular flexibility index (Phi) is 9.25. The van der Waals surface area contributed by atoms with Gasteiger partial charge in [-0.15, -0.1) is 17.5 Å². The molecule has 1 fully saturated rings. The first-order chi connectivity index (χ1) is 16.2. The van der Waals surface area contributed by atoms with Crippen molar-refractivity contribution in [3.8, 4) is 0 Å². The number of rotatable bonds is 4. The van der Waals surface area contributed by atoms with Gasteiger partial charge in [0.05, 0.1) is 23.2 Å². The summed E-state index contributed by atoms with van der Waals surface area (Å²) in [5.41, 5.74) is -1.95. The summed E-state index contributed by atoms with van der Waals surface area (Å²) in [5, 5.41) is 4.51. The van der Waals surface area contributed by atoms with Gasteiger partial charge in [0.15, 0.2) is 0 Å². The number of benzene rings is 2. The van der Waals surface area contributed by atoms with Crippen LogP contribution < -0.4 is 5.32 Å². The topological polar surface area (TPSA) is 44.8 Å². The van der Waals surface area contributed by atoms with Crippen molar-refractivity contribution in [2.75, 3.05) is 26.7 Å². The summed E-state index contributed by atoms with van der Waals surface area (Å²) in [6, 6.07) is 3.74. The number of aryl methyl sites for hydroxylation is 1. The molecule has 1 saturated heterocycles. The predicted molar refractivity (Wildman–Crippen MR) is 120 cm³/mol. The van der Waals surface area contributed by atoms with Gasteiger partial charge in [-0.1, -0.05) is 6.07 Å². The Bertz CT molecular complexity index is 1050. The van der Waals surface area contributed by atoms with E-state index >= 15 is 0 Å². The lowest BCUT2D eigenvalue weighted by atomic mass is 9.99. The van der Waals surface area contributed by atoms with E-state index in [1.54, 1.807) is 13.0 Å². The summed E-state index contributed by atoms with van der Waals surface area (Å²) in [5.74, 6) is -0.425. The van der Waals surface area contributed by atoms with Crippen molar-refractivity contribution in [2.24, 2.45) is 0 Å². The number of nitrogens with one attached hydrogen (secondary N) is 1. The van der Waals surface area contributed by atoms with Crippen molar-refractivity contribution in [2.45, 2.75) is 38.3 Å². The molecule has 5 nitrogen and oxygen atoms in total. The monoisotopic (exact) mass is 543 g/mol. The van der Waals surface area contributed by atoms with Crippen LogP contribution in [0.3, 0.4) is 0 Å². The molecule has 0 aliphatic carbocycles. The number of piperazine rings is 1. The molecule has 0 radical (unpaired) electrons. The zero-order valence-corrected chi connectivity index (χ0v) is 20.3. The average molecular weight is 544 g/mol. The van der Waals surface area contributed by atoms with Gasteiger partial charge in [0.2, 0.25) is 0 Å². The number of nitrogens with zero attached hydrogens (tertiary/aromatic N) is 2. The maximum Gasteiger partial charge on any atom is 0.429 e. The molecule has 1 aliphatic rings. The van der Waals surface area contributed by atoms with Gasteiger partial charge in [-0.2, -0.15) is 26.3 Å². The van der Waals surface area contributed by atoms with Gasteiger partial charge < -0.3 is 15.1 Å². The molecule has 1 N–H and O–H groups in total. The molecule has 13 heteroatoms. The zero-order chi connectivity index (χ0) is 26.1. The first-order valence-corrected chi connectivity index (χ1v) is 10.7. The van der Waals surface area contributed by atoms with Crippen molar-refractivity contribution < 1.29 is 40.4 Å². The summed E-state index contributed by atoms with van der Waals surface area (Å²) in [6.07, 6.45) is -11.0. The fourth-order valence-corrected chi connectivity index (χ4v) is 3.84. The molecule has 3 rings (SSSR count). The Morgan fingerprint density at radius 1 is 1.08 bits per heavy atom. The predicted octanol–water partition coefficient (Wildman–Crippen LogP) is 6.28. The summed E-state index contributed by atoms with van der Waals surface area (Å²) in [6.45, 7) is 4.11. The fraction of sp³-hybridized carbons (Fsp3) is 0.435. The second-order valence-corrected chi connectivity index (χ2v) is 8.34. The molecule has 1 amide bonds. The molecular formula is C23H25ClF7N3O2. The van der Waals surface area contributed by atoms with Gasteiger partial charge in [0, 0.05) is 26.7 Å². The molecule has 0 spiro atoms. The van der Waals surface area contributed by atoms with Gasteiger partial charge >= 0.3 is 18.4 Å².